The smallest absolute Gasteiger partial charge is 0.240 e. The second kappa shape index (κ2) is 6.77. The molecule has 6 heteroatoms. The molecule has 118 valence electrons. The molecule has 0 aliphatic carbocycles. The van der Waals surface area contributed by atoms with Gasteiger partial charge < -0.3 is 5.73 Å². The van der Waals surface area contributed by atoms with Crippen molar-refractivity contribution in [3.05, 3.63) is 23.8 Å². The van der Waals surface area contributed by atoms with Crippen molar-refractivity contribution in [2.45, 2.75) is 44.0 Å². The van der Waals surface area contributed by atoms with Crippen molar-refractivity contribution in [2.75, 3.05) is 25.4 Å². The van der Waals surface area contributed by atoms with Crippen molar-refractivity contribution in [2.24, 2.45) is 0 Å². The maximum absolute atomic E-state index is 12.4. The molecule has 1 aliphatic heterocycles. The number of rotatable bonds is 5. The van der Waals surface area contributed by atoms with Gasteiger partial charge in [-0.25, -0.2) is 13.1 Å². The molecule has 0 aromatic heterocycles. The summed E-state index contributed by atoms with van der Waals surface area (Å²) in [6.07, 6.45) is 3.67. The zero-order chi connectivity index (χ0) is 15.5. The molecule has 1 aromatic carbocycles. The molecule has 1 aliphatic rings. The Hall–Kier alpha value is -1.11. The summed E-state index contributed by atoms with van der Waals surface area (Å²) in [7, 11) is -3.50. The minimum Gasteiger partial charge on any atom is -0.398 e. The Kier molecular flexibility index (Phi) is 5.24. The van der Waals surface area contributed by atoms with Crippen LogP contribution in [0.4, 0.5) is 5.69 Å². The summed E-state index contributed by atoms with van der Waals surface area (Å²) < 4.78 is 27.5. The average Bonchev–Trinajstić information content (AvgIpc) is 2.48. The van der Waals surface area contributed by atoms with Crippen molar-refractivity contribution in [1.82, 2.24) is 9.62 Å². The van der Waals surface area contributed by atoms with Gasteiger partial charge in [-0.05, 0) is 57.5 Å². The van der Waals surface area contributed by atoms with Crippen LogP contribution in [-0.2, 0) is 10.0 Å². The molecule has 0 bridgehead atoms. The molecule has 0 radical (unpaired) electrons. The van der Waals surface area contributed by atoms with Crippen LogP contribution in [0.1, 0.15) is 31.7 Å². The lowest BCUT2D eigenvalue weighted by molar-refractivity contribution is 0.175. The SMILES string of the molecule is Cc1c(N)cccc1S(=O)(=O)NCC(C)N1CCCCC1. The van der Waals surface area contributed by atoms with E-state index in [1.54, 1.807) is 25.1 Å². The van der Waals surface area contributed by atoms with Crippen molar-refractivity contribution in [3.8, 4) is 0 Å². The maximum Gasteiger partial charge on any atom is 0.240 e. The molecule has 0 saturated carbocycles. The second-order valence-electron chi connectivity index (χ2n) is 5.77. The normalized spacial score (nSPS) is 18.6. The Morgan fingerprint density at radius 1 is 1.29 bits per heavy atom. The first kappa shape index (κ1) is 16.3. The molecule has 1 unspecified atom stereocenters. The molecule has 1 atom stereocenters. The molecule has 5 nitrogen and oxygen atoms in total. The number of sulfonamides is 1. The quantitative estimate of drug-likeness (QED) is 0.812. The fraction of sp³-hybridized carbons (Fsp3) is 0.600. The van der Waals surface area contributed by atoms with E-state index in [2.05, 4.69) is 16.5 Å². The standard InChI is InChI=1S/C15H25N3O2S/c1-12(18-9-4-3-5-10-18)11-17-21(19,20)15-8-6-7-14(16)13(15)2/h6-8,12,17H,3-5,9-11,16H2,1-2H3. The molecule has 1 heterocycles. The lowest BCUT2D eigenvalue weighted by Gasteiger charge is -2.32. The molecule has 0 amide bonds. The van der Waals surface area contributed by atoms with Gasteiger partial charge in [0.15, 0.2) is 0 Å². The molecule has 1 fully saturated rings. The third-order valence-corrected chi connectivity index (χ3v) is 5.77. The number of hydrogen-bond acceptors (Lipinski definition) is 4. The van der Waals surface area contributed by atoms with Crippen LogP contribution in [0.5, 0.6) is 0 Å². The van der Waals surface area contributed by atoms with Gasteiger partial charge >= 0.3 is 0 Å². The van der Waals surface area contributed by atoms with Crippen LogP contribution in [0.25, 0.3) is 0 Å². The highest BCUT2D eigenvalue weighted by atomic mass is 32.2. The van der Waals surface area contributed by atoms with E-state index in [4.69, 9.17) is 5.73 Å². The van der Waals surface area contributed by atoms with Crippen molar-refractivity contribution in [1.29, 1.82) is 0 Å². The summed E-state index contributed by atoms with van der Waals surface area (Å²) in [6.45, 7) is 6.34. The molecular weight excluding hydrogens is 286 g/mol. The number of piperidine rings is 1. The van der Waals surface area contributed by atoms with E-state index < -0.39 is 10.0 Å². The minimum absolute atomic E-state index is 0.210. The highest BCUT2D eigenvalue weighted by Crippen LogP contribution is 2.20. The first-order valence-electron chi connectivity index (χ1n) is 7.50. The third-order valence-electron chi connectivity index (χ3n) is 4.20. The molecule has 21 heavy (non-hydrogen) atoms. The first-order valence-corrected chi connectivity index (χ1v) is 8.99. The Balaban J connectivity index is 2.02. The molecule has 0 spiro atoms. The predicted octanol–water partition coefficient (Wildman–Crippen LogP) is 1.73. The number of nitrogens with two attached hydrogens (primary N) is 1. The first-order chi connectivity index (χ1) is 9.92. The Labute approximate surface area is 127 Å². The zero-order valence-electron chi connectivity index (χ0n) is 12.8. The van der Waals surface area contributed by atoms with Crippen molar-refractivity contribution < 1.29 is 8.42 Å². The van der Waals surface area contributed by atoms with Crippen LogP contribution in [-0.4, -0.2) is 39.0 Å². The van der Waals surface area contributed by atoms with Crippen LogP contribution in [0.3, 0.4) is 0 Å². The largest absolute Gasteiger partial charge is 0.398 e. The van der Waals surface area contributed by atoms with E-state index in [9.17, 15) is 8.42 Å². The van der Waals surface area contributed by atoms with Crippen LogP contribution < -0.4 is 10.5 Å². The van der Waals surface area contributed by atoms with Gasteiger partial charge in [0.1, 0.15) is 0 Å². The second-order valence-corrected chi connectivity index (χ2v) is 7.50. The van der Waals surface area contributed by atoms with Gasteiger partial charge in [0, 0.05) is 18.3 Å². The van der Waals surface area contributed by atoms with Gasteiger partial charge in [-0.15, -0.1) is 0 Å². The number of anilines is 1. The van der Waals surface area contributed by atoms with Gasteiger partial charge in [0.2, 0.25) is 10.0 Å². The number of nitrogen functional groups attached to an aromatic ring is 1. The fourth-order valence-electron chi connectivity index (χ4n) is 2.72. The number of likely N-dealkylation sites (tertiary alicyclic amines) is 1. The Morgan fingerprint density at radius 3 is 2.62 bits per heavy atom. The van der Waals surface area contributed by atoms with Crippen LogP contribution in [0.2, 0.25) is 0 Å². The predicted molar refractivity (Wildman–Crippen MR) is 85.7 cm³/mol. The van der Waals surface area contributed by atoms with Gasteiger partial charge in [-0.1, -0.05) is 12.5 Å². The molecule has 1 saturated heterocycles. The van der Waals surface area contributed by atoms with Gasteiger partial charge in [-0.3, -0.25) is 4.90 Å². The Bertz CT molecular complexity index is 581. The van der Waals surface area contributed by atoms with E-state index in [-0.39, 0.29) is 10.9 Å². The molecule has 3 N–H and O–H groups in total. The van der Waals surface area contributed by atoms with Crippen LogP contribution in [0, 0.1) is 6.92 Å². The lowest BCUT2D eigenvalue weighted by atomic mass is 10.1. The summed E-state index contributed by atoms with van der Waals surface area (Å²) in [5, 5.41) is 0. The van der Waals surface area contributed by atoms with Gasteiger partial charge in [0.25, 0.3) is 0 Å². The van der Waals surface area contributed by atoms with E-state index >= 15 is 0 Å². The number of benzene rings is 1. The average molecular weight is 311 g/mol. The van der Waals surface area contributed by atoms with Crippen molar-refractivity contribution in [3.63, 3.8) is 0 Å². The topological polar surface area (TPSA) is 75.4 Å². The molecular formula is C15H25N3O2S. The van der Waals surface area contributed by atoms with E-state index in [0.717, 1.165) is 13.1 Å². The number of hydrogen-bond donors (Lipinski definition) is 2. The molecule has 2 rings (SSSR count). The summed E-state index contributed by atoms with van der Waals surface area (Å²) in [4.78, 5) is 2.62. The number of nitrogens with zero attached hydrogens (tertiary/aromatic N) is 1. The highest BCUT2D eigenvalue weighted by molar-refractivity contribution is 7.89. The fourth-order valence-corrected chi connectivity index (χ4v) is 4.11. The van der Waals surface area contributed by atoms with Crippen LogP contribution in [0.15, 0.2) is 23.1 Å². The lowest BCUT2D eigenvalue weighted by Crippen LogP contribution is -2.44. The summed E-state index contributed by atoms with van der Waals surface area (Å²) >= 11 is 0. The highest BCUT2D eigenvalue weighted by Gasteiger charge is 2.21. The van der Waals surface area contributed by atoms with E-state index in [0.29, 0.717) is 17.8 Å². The maximum atomic E-state index is 12.4. The van der Waals surface area contributed by atoms with Gasteiger partial charge in [-0.2, -0.15) is 0 Å². The van der Waals surface area contributed by atoms with E-state index in [1.807, 2.05) is 0 Å². The molecule has 1 aromatic rings. The van der Waals surface area contributed by atoms with Gasteiger partial charge in [0.05, 0.1) is 4.90 Å². The summed E-state index contributed by atoms with van der Waals surface area (Å²) in [5.74, 6) is 0. The minimum atomic E-state index is -3.50. The number of nitrogens with one attached hydrogen (secondary N) is 1. The summed E-state index contributed by atoms with van der Waals surface area (Å²) in [6, 6.07) is 5.19. The summed E-state index contributed by atoms with van der Waals surface area (Å²) in [5.41, 5.74) is 6.90. The Morgan fingerprint density at radius 2 is 1.95 bits per heavy atom. The van der Waals surface area contributed by atoms with Crippen LogP contribution >= 0.6 is 0 Å². The third kappa shape index (κ3) is 3.96. The van der Waals surface area contributed by atoms with E-state index in [1.165, 1.54) is 19.3 Å². The zero-order valence-corrected chi connectivity index (χ0v) is 13.6. The van der Waals surface area contributed by atoms with Crippen molar-refractivity contribution >= 4 is 15.7 Å². The monoisotopic (exact) mass is 311 g/mol.